The average molecular weight is 207 g/mol. The number of fused-ring (bicyclic) bond motifs is 1. The lowest BCUT2D eigenvalue weighted by molar-refractivity contribution is 0.272. The van der Waals surface area contributed by atoms with Crippen LogP contribution in [0.25, 0.3) is 0 Å². The highest BCUT2D eigenvalue weighted by Crippen LogP contribution is 2.28. The van der Waals surface area contributed by atoms with Gasteiger partial charge < -0.3 is 10.2 Å². The first kappa shape index (κ1) is 10.9. The number of nitrogens with one attached hydrogen (secondary N) is 1. The van der Waals surface area contributed by atoms with Gasteiger partial charge in [0.15, 0.2) is 0 Å². The molecule has 1 N–H and O–H groups in total. The normalized spacial score (nSPS) is 31.5. The molecule has 0 aromatic rings. The third-order valence-electron chi connectivity index (χ3n) is 3.82. The number of likely N-dealkylation sites (tertiary alicyclic amines) is 1. The molecule has 2 rings (SSSR count). The van der Waals surface area contributed by atoms with Crippen LogP contribution < -0.4 is 5.32 Å². The van der Waals surface area contributed by atoms with Gasteiger partial charge >= 0.3 is 0 Å². The summed E-state index contributed by atoms with van der Waals surface area (Å²) in [5.74, 6) is 1.74. The van der Waals surface area contributed by atoms with Crippen LogP contribution in [0.4, 0.5) is 0 Å². The van der Waals surface area contributed by atoms with Gasteiger partial charge in [-0.25, -0.2) is 0 Å². The lowest BCUT2D eigenvalue weighted by Gasteiger charge is -2.21. The van der Waals surface area contributed by atoms with E-state index in [0.29, 0.717) is 0 Å². The molecule has 0 saturated carbocycles. The van der Waals surface area contributed by atoms with Crippen LogP contribution >= 0.6 is 0 Å². The Hall–Kier alpha value is -0.590. The molecule has 2 saturated heterocycles. The fourth-order valence-electron chi connectivity index (χ4n) is 2.63. The zero-order valence-electron chi connectivity index (χ0n) is 9.79. The molecule has 2 fully saturated rings. The molecule has 2 aliphatic heterocycles. The minimum absolute atomic E-state index is 0.157. The van der Waals surface area contributed by atoms with Gasteiger partial charge in [0.25, 0.3) is 0 Å². The van der Waals surface area contributed by atoms with E-state index in [1.165, 1.54) is 26.2 Å². The predicted molar refractivity (Wildman–Crippen MR) is 60.3 cm³/mol. The summed E-state index contributed by atoms with van der Waals surface area (Å²) in [6, 6.07) is 2.38. The van der Waals surface area contributed by atoms with Crippen molar-refractivity contribution < 1.29 is 0 Å². The minimum atomic E-state index is -0.157. The molecular formula is C12H21N3. The molecule has 3 heteroatoms. The van der Waals surface area contributed by atoms with Gasteiger partial charge in [-0.1, -0.05) is 0 Å². The van der Waals surface area contributed by atoms with Crippen molar-refractivity contribution in [1.82, 2.24) is 10.2 Å². The van der Waals surface area contributed by atoms with Crippen LogP contribution in [0.1, 0.15) is 20.3 Å². The number of hydrogen-bond acceptors (Lipinski definition) is 3. The molecule has 2 unspecified atom stereocenters. The van der Waals surface area contributed by atoms with Gasteiger partial charge in [-0.05, 0) is 51.7 Å². The maximum atomic E-state index is 8.95. The molecule has 0 aromatic heterocycles. The minimum Gasteiger partial charge on any atom is -0.316 e. The summed E-state index contributed by atoms with van der Waals surface area (Å²) >= 11 is 0. The van der Waals surface area contributed by atoms with Crippen LogP contribution in [0.2, 0.25) is 0 Å². The Labute approximate surface area is 92.4 Å². The fraction of sp³-hybridized carbons (Fsp3) is 0.917. The van der Waals surface area contributed by atoms with Crippen molar-refractivity contribution in [1.29, 1.82) is 5.26 Å². The number of rotatable bonds is 3. The smallest absolute Gasteiger partial charge is 0.0684 e. The van der Waals surface area contributed by atoms with Crippen molar-refractivity contribution in [2.45, 2.75) is 20.3 Å². The largest absolute Gasteiger partial charge is 0.316 e. The summed E-state index contributed by atoms with van der Waals surface area (Å²) in [5, 5.41) is 12.4. The summed E-state index contributed by atoms with van der Waals surface area (Å²) in [4.78, 5) is 2.54. The monoisotopic (exact) mass is 207 g/mol. The zero-order valence-corrected chi connectivity index (χ0v) is 9.79. The van der Waals surface area contributed by atoms with Crippen molar-refractivity contribution in [3.63, 3.8) is 0 Å². The van der Waals surface area contributed by atoms with Gasteiger partial charge in [0.1, 0.15) is 0 Å². The molecule has 2 atom stereocenters. The van der Waals surface area contributed by atoms with Gasteiger partial charge in [0.05, 0.1) is 11.5 Å². The van der Waals surface area contributed by atoms with Crippen molar-refractivity contribution in [2.75, 3.05) is 32.7 Å². The third kappa shape index (κ3) is 2.50. The van der Waals surface area contributed by atoms with Crippen LogP contribution in [0, 0.1) is 28.6 Å². The molecule has 0 aliphatic carbocycles. The molecule has 0 spiro atoms. The molecular weight excluding hydrogens is 186 g/mol. The van der Waals surface area contributed by atoms with Crippen LogP contribution in [-0.2, 0) is 0 Å². The topological polar surface area (TPSA) is 39.1 Å². The number of nitriles is 1. The molecule has 2 heterocycles. The lowest BCUT2D eigenvalue weighted by atomic mass is 9.91. The predicted octanol–water partition coefficient (Wildman–Crippen LogP) is 1.08. The van der Waals surface area contributed by atoms with E-state index >= 15 is 0 Å². The molecule has 2 aliphatic rings. The van der Waals surface area contributed by atoms with E-state index in [2.05, 4.69) is 16.3 Å². The first-order valence-corrected chi connectivity index (χ1v) is 5.95. The van der Waals surface area contributed by atoms with E-state index in [4.69, 9.17) is 5.26 Å². The molecule has 84 valence electrons. The van der Waals surface area contributed by atoms with Crippen LogP contribution in [0.5, 0.6) is 0 Å². The Morgan fingerprint density at radius 1 is 1.33 bits per heavy atom. The maximum absolute atomic E-state index is 8.95. The molecule has 0 radical (unpaired) electrons. The summed E-state index contributed by atoms with van der Waals surface area (Å²) in [7, 11) is 0. The van der Waals surface area contributed by atoms with Crippen LogP contribution in [-0.4, -0.2) is 37.6 Å². The lowest BCUT2D eigenvalue weighted by Crippen LogP contribution is -2.29. The molecule has 0 amide bonds. The third-order valence-corrected chi connectivity index (χ3v) is 3.82. The Morgan fingerprint density at radius 2 is 1.93 bits per heavy atom. The Kier molecular flexibility index (Phi) is 2.99. The highest BCUT2D eigenvalue weighted by molar-refractivity contribution is 4.95. The van der Waals surface area contributed by atoms with Crippen LogP contribution in [0.3, 0.4) is 0 Å². The molecule has 0 bridgehead atoms. The average Bonchev–Trinajstić information content (AvgIpc) is 2.74. The van der Waals surface area contributed by atoms with E-state index in [1.807, 2.05) is 13.8 Å². The highest BCUT2D eigenvalue weighted by atomic mass is 15.2. The van der Waals surface area contributed by atoms with E-state index in [0.717, 1.165) is 24.8 Å². The van der Waals surface area contributed by atoms with Crippen molar-refractivity contribution in [2.24, 2.45) is 17.3 Å². The first-order chi connectivity index (χ1) is 7.11. The molecule has 15 heavy (non-hydrogen) atoms. The first-order valence-electron chi connectivity index (χ1n) is 5.95. The Balaban J connectivity index is 1.76. The van der Waals surface area contributed by atoms with Gasteiger partial charge in [-0.2, -0.15) is 5.26 Å². The zero-order chi connectivity index (χ0) is 10.9. The Bertz CT molecular complexity index is 255. The molecule has 3 nitrogen and oxygen atoms in total. The second-order valence-corrected chi connectivity index (χ2v) is 5.68. The van der Waals surface area contributed by atoms with Gasteiger partial charge in [0, 0.05) is 13.1 Å². The summed E-state index contributed by atoms with van der Waals surface area (Å²) < 4.78 is 0. The standard InChI is InChI=1S/C12H21N3/c1-12(2,9-13)3-4-15-7-10-5-14-6-11(10)8-15/h10-11,14H,3-8H2,1-2H3. The van der Waals surface area contributed by atoms with E-state index in [-0.39, 0.29) is 5.41 Å². The van der Waals surface area contributed by atoms with Gasteiger partial charge in [-0.15, -0.1) is 0 Å². The Morgan fingerprint density at radius 3 is 2.47 bits per heavy atom. The SMILES string of the molecule is CC(C)(C#N)CCN1CC2CNCC2C1. The van der Waals surface area contributed by atoms with Crippen molar-refractivity contribution in [3.05, 3.63) is 0 Å². The van der Waals surface area contributed by atoms with Gasteiger partial charge in [-0.3, -0.25) is 0 Å². The quantitative estimate of drug-likeness (QED) is 0.752. The molecule has 0 aromatic carbocycles. The number of nitrogens with zero attached hydrogens (tertiary/aromatic N) is 2. The summed E-state index contributed by atoms with van der Waals surface area (Å²) in [6.07, 6.45) is 0.996. The van der Waals surface area contributed by atoms with E-state index in [9.17, 15) is 0 Å². The fourth-order valence-corrected chi connectivity index (χ4v) is 2.63. The maximum Gasteiger partial charge on any atom is 0.0684 e. The summed E-state index contributed by atoms with van der Waals surface area (Å²) in [5.41, 5.74) is -0.157. The second kappa shape index (κ2) is 4.11. The second-order valence-electron chi connectivity index (χ2n) is 5.68. The van der Waals surface area contributed by atoms with Crippen molar-refractivity contribution >= 4 is 0 Å². The van der Waals surface area contributed by atoms with Crippen molar-refractivity contribution in [3.8, 4) is 6.07 Å². The van der Waals surface area contributed by atoms with Gasteiger partial charge in [0.2, 0.25) is 0 Å². The number of hydrogen-bond donors (Lipinski definition) is 1. The highest BCUT2D eigenvalue weighted by Gasteiger charge is 2.36. The van der Waals surface area contributed by atoms with E-state index in [1.54, 1.807) is 0 Å². The van der Waals surface area contributed by atoms with E-state index < -0.39 is 0 Å². The van der Waals surface area contributed by atoms with Crippen LogP contribution in [0.15, 0.2) is 0 Å². The summed E-state index contributed by atoms with van der Waals surface area (Å²) in [6.45, 7) is 10.0.